The van der Waals surface area contributed by atoms with Crippen molar-refractivity contribution in [3.8, 4) is 11.5 Å². The van der Waals surface area contributed by atoms with Crippen molar-refractivity contribution in [1.29, 1.82) is 0 Å². The van der Waals surface area contributed by atoms with Crippen LogP contribution < -0.4 is 9.47 Å². The number of thiophene rings is 1. The minimum atomic E-state index is 0.786. The van der Waals surface area contributed by atoms with Crippen LogP contribution in [-0.2, 0) is 0 Å². The van der Waals surface area contributed by atoms with Crippen LogP contribution in [-0.4, -0.2) is 0 Å². The zero-order chi connectivity index (χ0) is 8.67. The first-order chi connectivity index (χ1) is 6.45. The number of rotatable bonds is 0. The van der Waals surface area contributed by atoms with Crippen LogP contribution in [0.4, 0.5) is 0 Å². The van der Waals surface area contributed by atoms with Gasteiger partial charge in [-0.3, -0.25) is 0 Å². The Balaban J connectivity index is 2.38. The molecule has 0 bridgehead atoms. The van der Waals surface area contributed by atoms with E-state index in [2.05, 4.69) is 0 Å². The summed E-state index contributed by atoms with van der Waals surface area (Å²) in [5, 5.41) is 3.17. The van der Waals surface area contributed by atoms with Gasteiger partial charge in [0.25, 0.3) is 0 Å². The van der Waals surface area contributed by atoms with Crippen molar-refractivity contribution in [3.63, 3.8) is 0 Å². The van der Waals surface area contributed by atoms with E-state index in [9.17, 15) is 0 Å². The second kappa shape index (κ2) is 2.50. The first-order valence-corrected chi connectivity index (χ1v) is 4.82. The van der Waals surface area contributed by atoms with Gasteiger partial charge < -0.3 is 9.47 Å². The van der Waals surface area contributed by atoms with Gasteiger partial charge in [0.15, 0.2) is 11.5 Å². The molecule has 1 aliphatic rings. The summed E-state index contributed by atoms with van der Waals surface area (Å²) < 4.78 is 11.9. The minimum absolute atomic E-state index is 0.786. The van der Waals surface area contributed by atoms with Crippen LogP contribution >= 0.6 is 11.3 Å². The molecule has 0 saturated heterocycles. The van der Waals surface area contributed by atoms with Gasteiger partial charge in [-0.25, -0.2) is 0 Å². The molecule has 0 unspecified atom stereocenters. The van der Waals surface area contributed by atoms with E-state index in [1.165, 1.54) is 4.70 Å². The van der Waals surface area contributed by atoms with Crippen molar-refractivity contribution in [1.82, 2.24) is 0 Å². The highest BCUT2D eigenvalue weighted by molar-refractivity contribution is 7.17. The lowest BCUT2D eigenvalue weighted by molar-refractivity contribution is 0.365. The van der Waals surface area contributed by atoms with Gasteiger partial charge in [0.1, 0.15) is 12.5 Å². The normalized spacial score (nSPS) is 13.5. The van der Waals surface area contributed by atoms with Crippen molar-refractivity contribution >= 4 is 21.4 Å². The van der Waals surface area contributed by atoms with Gasteiger partial charge in [-0.1, -0.05) is 0 Å². The molecule has 64 valence electrons. The number of benzene rings is 1. The van der Waals surface area contributed by atoms with Crippen LogP contribution in [0.5, 0.6) is 11.5 Å². The topological polar surface area (TPSA) is 18.5 Å². The molecular formula is C10H6O2S. The molecule has 0 aliphatic carbocycles. The largest absolute Gasteiger partial charge is 0.458 e. The number of hydrogen-bond donors (Lipinski definition) is 0. The van der Waals surface area contributed by atoms with Crippen molar-refractivity contribution in [3.05, 3.63) is 36.1 Å². The molecule has 2 heterocycles. The maximum absolute atomic E-state index is 5.40. The minimum Gasteiger partial charge on any atom is -0.458 e. The molecule has 0 atom stereocenters. The summed E-state index contributed by atoms with van der Waals surface area (Å²) in [7, 11) is 0. The zero-order valence-electron chi connectivity index (χ0n) is 6.69. The van der Waals surface area contributed by atoms with Gasteiger partial charge in [-0.15, -0.1) is 11.3 Å². The highest BCUT2D eigenvalue weighted by Gasteiger charge is 2.12. The lowest BCUT2D eigenvalue weighted by atomic mass is 10.2. The smallest absolute Gasteiger partial charge is 0.177 e. The van der Waals surface area contributed by atoms with Crippen LogP contribution in [0.25, 0.3) is 10.1 Å². The maximum Gasteiger partial charge on any atom is 0.177 e. The highest BCUT2D eigenvalue weighted by atomic mass is 32.1. The molecule has 13 heavy (non-hydrogen) atoms. The van der Waals surface area contributed by atoms with E-state index in [1.807, 2.05) is 23.6 Å². The summed E-state index contributed by atoms with van der Waals surface area (Å²) in [4.78, 5) is 0. The third-order valence-electron chi connectivity index (χ3n) is 1.99. The molecule has 0 N–H and O–H groups in total. The second-order valence-electron chi connectivity index (χ2n) is 2.73. The molecule has 0 amide bonds. The maximum atomic E-state index is 5.40. The Kier molecular flexibility index (Phi) is 1.34. The van der Waals surface area contributed by atoms with Gasteiger partial charge in [-0.05, 0) is 23.6 Å². The van der Waals surface area contributed by atoms with E-state index in [1.54, 1.807) is 23.9 Å². The number of ether oxygens (including phenoxy) is 2. The Labute approximate surface area is 79.0 Å². The number of fused-ring (bicyclic) bond motifs is 3. The molecule has 3 rings (SSSR count). The van der Waals surface area contributed by atoms with E-state index < -0.39 is 0 Å². The van der Waals surface area contributed by atoms with Gasteiger partial charge in [0.2, 0.25) is 0 Å². The summed E-state index contributed by atoms with van der Waals surface area (Å²) in [6.07, 6.45) is 3.10. The van der Waals surface area contributed by atoms with Gasteiger partial charge in [0.05, 0.1) is 0 Å². The van der Waals surface area contributed by atoms with Gasteiger partial charge >= 0.3 is 0 Å². The van der Waals surface area contributed by atoms with Gasteiger partial charge in [0, 0.05) is 10.1 Å². The summed E-state index contributed by atoms with van der Waals surface area (Å²) >= 11 is 1.70. The first kappa shape index (κ1) is 6.97. The van der Waals surface area contributed by atoms with Crippen molar-refractivity contribution in [2.45, 2.75) is 0 Å². The second-order valence-corrected chi connectivity index (χ2v) is 3.68. The number of hydrogen-bond acceptors (Lipinski definition) is 3. The third kappa shape index (κ3) is 0.939. The average Bonchev–Trinajstić information content (AvgIpc) is 2.65. The fraction of sp³-hybridized carbons (Fsp3) is 0. The predicted octanol–water partition coefficient (Wildman–Crippen LogP) is 3.14. The molecule has 1 aromatic carbocycles. The summed E-state index contributed by atoms with van der Waals surface area (Å²) in [6.45, 7) is 0. The summed E-state index contributed by atoms with van der Waals surface area (Å²) in [5.74, 6) is 1.61. The van der Waals surface area contributed by atoms with Crippen LogP contribution in [0.3, 0.4) is 0 Å². The Morgan fingerprint density at radius 2 is 1.92 bits per heavy atom. The Bertz CT molecular complexity index is 485. The van der Waals surface area contributed by atoms with Crippen LogP contribution in [0.15, 0.2) is 36.1 Å². The van der Waals surface area contributed by atoms with E-state index in [-0.39, 0.29) is 0 Å². The third-order valence-corrected chi connectivity index (χ3v) is 2.87. The van der Waals surface area contributed by atoms with E-state index in [0.717, 1.165) is 16.9 Å². The molecule has 2 nitrogen and oxygen atoms in total. The molecule has 0 radical (unpaired) electrons. The summed E-state index contributed by atoms with van der Waals surface area (Å²) in [5.41, 5.74) is 0. The van der Waals surface area contributed by atoms with Crippen LogP contribution in [0.1, 0.15) is 0 Å². The van der Waals surface area contributed by atoms with Crippen molar-refractivity contribution in [2.75, 3.05) is 0 Å². The van der Waals surface area contributed by atoms with E-state index in [0.29, 0.717) is 0 Å². The summed E-state index contributed by atoms with van der Waals surface area (Å²) in [6, 6.07) is 6.01. The van der Waals surface area contributed by atoms with E-state index in [4.69, 9.17) is 9.47 Å². The lowest BCUT2D eigenvalue weighted by Gasteiger charge is -2.12. The quantitative estimate of drug-likeness (QED) is 0.635. The molecule has 2 aromatic rings. The molecule has 3 heteroatoms. The van der Waals surface area contributed by atoms with Crippen molar-refractivity contribution in [2.24, 2.45) is 0 Å². The van der Waals surface area contributed by atoms with Crippen LogP contribution in [0.2, 0.25) is 0 Å². The Hall–Kier alpha value is -1.48. The van der Waals surface area contributed by atoms with Crippen LogP contribution in [0, 0.1) is 0 Å². The molecule has 0 saturated carbocycles. The predicted molar refractivity (Wildman–Crippen MR) is 52.2 cm³/mol. The fourth-order valence-electron chi connectivity index (χ4n) is 1.41. The van der Waals surface area contributed by atoms with Gasteiger partial charge in [-0.2, -0.15) is 0 Å². The fourth-order valence-corrected chi connectivity index (χ4v) is 2.19. The monoisotopic (exact) mass is 190 g/mol. The van der Waals surface area contributed by atoms with E-state index >= 15 is 0 Å². The lowest BCUT2D eigenvalue weighted by Crippen LogP contribution is -1.95. The standard InChI is InChI=1S/C10H6O2S/c1-2-9-7(3-6-13-9)10-8(1)11-4-5-12-10/h1-6H. The molecule has 1 aromatic heterocycles. The molecule has 0 fully saturated rings. The zero-order valence-corrected chi connectivity index (χ0v) is 7.51. The average molecular weight is 190 g/mol. The molecule has 1 aliphatic heterocycles. The molecule has 0 spiro atoms. The highest BCUT2D eigenvalue weighted by Crippen LogP contribution is 2.39. The Morgan fingerprint density at radius 3 is 2.92 bits per heavy atom. The SMILES string of the molecule is C1=COc2c(ccc3sccc23)O1. The van der Waals surface area contributed by atoms with Crippen molar-refractivity contribution < 1.29 is 9.47 Å². The Morgan fingerprint density at radius 1 is 1.00 bits per heavy atom. The molecular weight excluding hydrogens is 184 g/mol. The first-order valence-electron chi connectivity index (χ1n) is 3.94.